The Hall–Kier alpha value is -2.73. The van der Waals surface area contributed by atoms with Gasteiger partial charge in [-0.3, -0.25) is 9.59 Å². The van der Waals surface area contributed by atoms with E-state index in [9.17, 15) is 9.59 Å². The highest BCUT2D eigenvalue weighted by molar-refractivity contribution is 6.30. The van der Waals surface area contributed by atoms with E-state index in [1.54, 1.807) is 49.6 Å². The summed E-state index contributed by atoms with van der Waals surface area (Å²) in [6, 6.07) is 11.2. The number of carboxylic acid groups (broad SMARTS) is 1. The van der Waals surface area contributed by atoms with Crippen molar-refractivity contribution in [2.24, 2.45) is 0 Å². The molecule has 0 fully saturated rings. The van der Waals surface area contributed by atoms with Crippen LogP contribution in [-0.2, 0) is 9.59 Å². The zero-order chi connectivity index (χ0) is 19.1. The van der Waals surface area contributed by atoms with Crippen LogP contribution in [-0.4, -0.2) is 30.7 Å². The highest BCUT2D eigenvalue weighted by atomic mass is 35.5. The van der Waals surface area contributed by atoms with Crippen LogP contribution in [0.4, 0.5) is 0 Å². The Morgan fingerprint density at radius 2 is 1.88 bits per heavy atom. The fourth-order valence-corrected chi connectivity index (χ4v) is 2.57. The summed E-state index contributed by atoms with van der Waals surface area (Å²) in [6.07, 6.45) is -0.241. The summed E-state index contributed by atoms with van der Waals surface area (Å²) in [7, 11) is 1.58. The van der Waals surface area contributed by atoms with Gasteiger partial charge in [-0.25, -0.2) is 0 Å². The van der Waals surface area contributed by atoms with Crippen molar-refractivity contribution in [1.29, 1.82) is 0 Å². The number of hydrogen-bond acceptors (Lipinski definition) is 4. The van der Waals surface area contributed by atoms with E-state index in [1.165, 1.54) is 0 Å². The lowest BCUT2D eigenvalue weighted by Crippen LogP contribution is -2.33. The van der Waals surface area contributed by atoms with Crippen molar-refractivity contribution >= 4 is 23.5 Å². The Kier molecular flexibility index (Phi) is 6.86. The minimum absolute atomic E-state index is 0.227. The van der Waals surface area contributed by atoms with Crippen LogP contribution >= 0.6 is 11.6 Å². The zero-order valence-electron chi connectivity index (χ0n) is 14.5. The van der Waals surface area contributed by atoms with E-state index in [-0.39, 0.29) is 13.0 Å². The molecule has 0 bridgehead atoms. The number of ether oxygens (including phenoxy) is 2. The van der Waals surface area contributed by atoms with Crippen LogP contribution in [0.25, 0.3) is 0 Å². The number of hydrogen-bond donors (Lipinski definition) is 2. The van der Waals surface area contributed by atoms with Crippen molar-refractivity contribution in [3.8, 4) is 11.5 Å². The molecular weight excluding hydrogens is 358 g/mol. The molecule has 0 heterocycles. The third-order valence-corrected chi connectivity index (χ3v) is 3.97. The summed E-state index contributed by atoms with van der Waals surface area (Å²) in [4.78, 5) is 23.3. The van der Waals surface area contributed by atoms with Gasteiger partial charge >= 0.3 is 5.97 Å². The predicted octanol–water partition coefficient (Wildman–Crippen LogP) is 3.37. The molecule has 138 valence electrons. The second-order valence-corrected chi connectivity index (χ2v) is 6.13. The van der Waals surface area contributed by atoms with Crippen LogP contribution in [0.3, 0.4) is 0 Å². The topological polar surface area (TPSA) is 84.9 Å². The minimum atomic E-state index is -1.02. The van der Waals surface area contributed by atoms with E-state index in [4.69, 9.17) is 26.2 Å². The van der Waals surface area contributed by atoms with Crippen LogP contribution in [0.15, 0.2) is 42.5 Å². The van der Waals surface area contributed by atoms with E-state index in [1.807, 2.05) is 6.92 Å². The van der Waals surface area contributed by atoms with Gasteiger partial charge in [0.25, 0.3) is 5.91 Å². The first-order valence-corrected chi connectivity index (χ1v) is 8.31. The summed E-state index contributed by atoms with van der Waals surface area (Å²) in [5.41, 5.74) is 1.54. The summed E-state index contributed by atoms with van der Waals surface area (Å²) in [6.45, 7) is 1.64. The largest absolute Gasteiger partial charge is 0.496 e. The molecule has 0 aromatic heterocycles. The number of carbonyl (C=O) groups is 2. The molecule has 0 aliphatic carbocycles. The Morgan fingerprint density at radius 1 is 1.19 bits per heavy atom. The Balaban J connectivity index is 1.99. The SMILES string of the molecule is COc1ccc(OCC(=O)N[C@@H](CC(=O)O)c2ccc(Cl)cc2)cc1C. The fourth-order valence-electron chi connectivity index (χ4n) is 2.45. The number of halogens is 1. The molecule has 0 radical (unpaired) electrons. The molecule has 0 saturated carbocycles. The van der Waals surface area contributed by atoms with Gasteiger partial charge in [0.2, 0.25) is 0 Å². The molecule has 0 saturated heterocycles. The third kappa shape index (κ3) is 5.67. The van der Waals surface area contributed by atoms with Crippen molar-refractivity contribution in [1.82, 2.24) is 5.32 Å². The van der Waals surface area contributed by atoms with Crippen LogP contribution < -0.4 is 14.8 Å². The van der Waals surface area contributed by atoms with Crippen molar-refractivity contribution in [3.05, 3.63) is 58.6 Å². The van der Waals surface area contributed by atoms with E-state index >= 15 is 0 Å². The predicted molar refractivity (Wildman–Crippen MR) is 97.8 cm³/mol. The summed E-state index contributed by atoms with van der Waals surface area (Å²) in [5, 5.41) is 12.3. The average Bonchev–Trinajstić information content (AvgIpc) is 2.60. The van der Waals surface area contributed by atoms with Gasteiger partial charge < -0.3 is 19.9 Å². The molecule has 6 nitrogen and oxygen atoms in total. The lowest BCUT2D eigenvalue weighted by molar-refractivity contribution is -0.137. The molecule has 0 aliphatic heterocycles. The second kappa shape index (κ2) is 9.10. The molecule has 1 atom stereocenters. The van der Waals surface area contributed by atoms with Gasteiger partial charge in [0, 0.05) is 5.02 Å². The molecule has 2 aromatic carbocycles. The highest BCUT2D eigenvalue weighted by Crippen LogP contribution is 2.23. The molecule has 0 spiro atoms. The third-order valence-electron chi connectivity index (χ3n) is 3.72. The molecule has 2 aromatic rings. The first-order valence-electron chi connectivity index (χ1n) is 7.93. The Morgan fingerprint density at radius 3 is 2.46 bits per heavy atom. The molecule has 7 heteroatoms. The van der Waals surface area contributed by atoms with Gasteiger partial charge in [-0.15, -0.1) is 0 Å². The van der Waals surface area contributed by atoms with Crippen LogP contribution in [0.1, 0.15) is 23.6 Å². The second-order valence-electron chi connectivity index (χ2n) is 5.69. The quantitative estimate of drug-likeness (QED) is 0.736. The highest BCUT2D eigenvalue weighted by Gasteiger charge is 2.18. The average molecular weight is 378 g/mol. The maximum atomic E-state index is 12.2. The number of methoxy groups -OCH3 is 1. The van der Waals surface area contributed by atoms with E-state index < -0.39 is 17.9 Å². The number of aliphatic carboxylic acids is 1. The summed E-state index contributed by atoms with van der Waals surface area (Å²) < 4.78 is 10.6. The number of amides is 1. The standard InChI is InChI=1S/C19H20ClNO5/c1-12-9-15(7-8-17(12)25-2)26-11-18(22)21-16(10-19(23)24)13-3-5-14(20)6-4-13/h3-9,16H,10-11H2,1-2H3,(H,21,22)(H,23,24)/t16-/m0/s1. The van der Waals surface area contributed by atoms with Gasteiger partial charge in [-0.2, -0.15) is 0 Å². The lowest BCUT2D eigenvalue weighted by Gasteiger charge is -2.18. The number of nitrogens with one attached hydrogen (secondary N) is 1. The minimum Gasteiger partial charge on any atom is -0.496 e. The zero-order valence-corrected chi connectivity index (χ0v) is 15.2. The van der Waals surface area contributed by atoms with Crippen LogP contribution in [0, 0.1) is 6.92 Å². The van der Waals surface area contributed by atoms with E-state index in [0.717, 1.165) is 11.3 Å². The molecule has 2 N–H and O–H groups in total. The Labute approximate surface area is 156 Å². The Bertz CT molecular complexity index is 776. The van der Waals surface area contributed by atoms with Gasteiger partial charge in [0.15, 0.2) is 6.61 Å². The maximum absolute atomic E-state index is 12.2. The first kappa shape index (κ1) is 19.6. The lowest BCUT2D eigenvalue weighted by atomic mass is 10.0. The summed E-state index contributed by atoms with van der Waals surface area (Å²) in [5.74, 6) is -0.178. The maximum Gasteiger partial charge on any atom is 0.305 e. The fraction of sp³-hybridized carbons (Fsp3) is 0.263. The molecule has 0 aliphatic rings. The molecule has 1 amide bonds. The van der Waals surface area contributed by atoms with Gasteiger partial charge in [0.1, 0.15) is 11.5 Å². The monoisotopic (exact) mass is 377 g/mol. The van der Waals surface area contributed by atoms with Crippen LogP contribution in [0.2, 0.25) is 5.02 Å². The van der Waals surface area contributed by atoms with Gasteiger partial charge in [-0.05, 0) is 48.4 Å². The first-order chi connectivity index (χ1) is 12.4. The van der Waals surface area contributed by atoms with Crippen molar-refractivity contribution < 1.29 is 24.2 Å². The van der Waals surface area contributed by atoms with Crippen molar-refractivity contribution in [3.63, 3.8) is 0 Å². The number of carboxylic acids is 1. The number of carbonyl (C=O) groups excluding carboxylic acids is 1. The number of aryl methyl sites for hydroxylation is 1. The molecule has 26 heavy (non-hydrogen) atoms. The normalized spacial score (nSPS) is 11.5. The smallest absolute Gasteiger partial charge is 0.305 e. The van der Waals surface area contributed by atoms with Crippen LogP contribution in [0.5, 0.6) is 11.5 Å². The van der Waals surface area contributed by atoms with Crippen molar-refractivity contribution in [2.45, 2.75) is 19.4 Å². The van der Waals surface area contributed by atoms with E-state index in [2.05, 4.69) is 5.32 Å². The molecule has 0 unspecified atom stereocenters. The van der Waals surface area contributed by atoms with Crippen molar-refractivity contribution in [2.75, 3.05) is 13.7 Å². The van der Waals surface area contributed by atoms with E-state index in [0.29, 0.717) is 16.3 Å². The molecular formula is C19H20ClNO5. The number of benzene rings is 2. The molecule has 2 rings (SSSR count). The van der Waals surface area contributed by atoms with Gasteiger partial charge in [0.05, 0.1) is 19.6 Å². The number of rotatable bonds is 8. The summed E-state index contributed by atoms with van der Waals surface area (Å²) >= 11 is 5.85. The van der Waals surface area contributed by atoms with Gasteiger partial charge in [-0.1, -0.05) is 23.7 Å².